The molecular weight excluding hydrogens is 331 g/mol. The second kappa shape index (κ2) is 14.0. The molecule has 0 N–H and O–H groups in total. The molecule has 0 unspecified atom stereocenters. The number of rotatable bonds is 7. The maximum Gasteiger partial charge on any atom is 2.00 e. The van der Waals surface area contributed by atoms with E-state index in [2.05, 4.69) is 65.2 Å². The Balaban J connectivity index is -0.000000375. The molecule has 0 aromatic carbocycles. The van der Waals surface area contributed by atoms with E-state index in [1.54, 1.807) is 0 Å². The number of halogens is 2. The molecule has 123 valence electrons. The molecular formula is C14H32Cl2CuN2. The van der Waals surface area contributed by atoms with Crippen molar-refractivity contribution < 1.29 is 41.9 Å². The summed E-state index contributed by atoms with van der Waals surface area (Å²) in [6, 6.07) is 2.56. The van der Waals surface area contributed by atoms with Gasteiger partial charge in [0.1, 0.15) is 0 Å². The van der Waals surface area contributed by atoms with Crippen LogP contribution in [0.15, 0.2) is 0 Å². The monoisotopic (exact) mass is 361 g/mol. The van der Waals surface area contributed by atoms with Crippen LogP contribution in [0.25, 0.3) is 0 Å². The van der Waals surface area contributed by atoms with Crippen molar-refractivity contribution >= 4 is 0 Å². The summed E-state index contributed by atoms with van der Waals surface area (Å²) < 4.78 is 0. The van der Waals surface area contributed by atoms with Crippen LogP contribution in [0.2, 0.25) is 0 Å². The second-order valence-electron chi connectivity index (χ2n) is 5.85. The zero-order chi connectivity index (χ0) is 12.9. The average molecular weight is 363 g/mol. The molecule has 0 aliphatic carbocycles. The molecule has 0 rings (SSSR count). The molecule has 5 heteroatoms. The molecule has 0 fully saturated rings. The summed E-state index contributed by atoms with van der Waals surface area (Å²) >= 11 is 0. The van der Waals surface area contributed by atoms with Crippen LogP contribution >= 0.6 is 0 Å². The summed E-state index contributed by atoms with van der Waals surface area (Å²) in [7, 11) is 0. The fourth-order valence-electron chi connectivity index (χ4n) is 2.46. The van der Waals surface area contributed by atoms with E-state index in [9.17, 15) is 0 Å². The maximum absolute atomic E-state index is 2.57. The van der Waals surface area contributed by atoms with E-state index in [1.807, 2.05) is 0 Å². The van der Waals surface area contributed by atoms with Crippen molar-refractivity contribution in [3.63, 3.8) is 0 Å². The Hall–Kier alpha value is 1.02. The minimum absolute atomic E-state index is 0. The van der Waals surface area contributed by atoms with Crippen molar-refractivity contribution in [3.8, 4) is 0 Å². The zero-order valence-electron chi connectivity index (χ0n) is 13.7. The normalized spacial score (nSPS) is 11.1. The first-order valence-corrected chi connectivity index (χ1v) is 6.78. The smallest absolute Gasteiger partial charge is 1.00 e. The van der Waals surface area contributed by atoms with Crippen molar-refractivity contribution in [3.05, 3.63) is 0 Å². The standard InChI is InChI=1S/C14H32N2.2ClH.Cu/c1-11(2)15(12(3)4)9-10-16(13(5)6)14(7)8;;;/h11-14H,9-10H2,1-8H3;2*1H;/q;;;+2/p-2. The van der Waals surface area contributed by atoms with Crippen molar-refractivity contribution in [1.82, 2.24) is 9.80 Å². The molecule has 0 atom stereocenters. The van der Waals surface area contributed by atoms with Gasteiger partial charge in [0.25, 0.3) is 0 Å². The molecule has 0 aliphatic heterocycles. The number of hydrogen-bond acceptors (Lipinski definition) is 2. The van der Waals surface area contributed by atoms with Gasteiger partial charge in [-0.05, 0) is 55.4 Å². The van der Waals surface area contributed by atoms with Gasteiger partial charge < -0.3 is 24.8 Å². The Kier molecular flexibility index (Phi) is 20.8. The van der Waals surface area contributed by atoms with Gasteiger partial charge >= 0.3 is 17.1 Å². The third kappa shape index (κ3) is 11.4. The first kappa shape index (κ1) is 28.2. The minimum atomic E-state index is 0. The number of hydrogen-bond donors (Lipinski definition) is 0. The predicted molar refractivity (Wildman–Crippen MR) is 74.0 cm³/mol. The summed E-state index contributed by atoms with van der Waals surface area (Å²) in [6.45, 7) is 20.6. The topological polar surface area (TPSA) is 6.48 Å². The van der Waals surface area contributed by atoms with Crippen LogP contribution in [-0.4, -0.2) is 47.1 Å². The third-order valence-electron chi connectivity index (χ3n) is 3.27. The van der Waals surface area contributed by atoms with E-state index < -0.39 is 0 Å². The fraction of sp³-hybridized carbons (Fsp3) is 1.00. The van der Waals surface area contributed by atoms with Crippen LogP contribution in [0.5, 0.6) is 0 Å². The molecule has 19 heavy (non-hydrogen) atoms. The molecule has 0 aromatic heterocycles. The van der Waals surface area contributed by atoms with E-state index >= 15 is 0 Å². The van der Waals surface area contributed by atoms with Gasteiger partial charge in [0, 0.05) is 37.3 Å². The molecule has 0 saturated carbocycles. The van der Waals surface area contributed by atoms with Crippen LogP contribution in [0.1, 0.15) is 55.4 Å². The fourth-order valence-corrected chi connectivity index (χ4v) is 2.46. The van der Waals surface area contributed by atoms with Gasteiger partial charge in [-0.25, -0.2) is 0 Å². The first-order valence-electron chi connectivity index (χ1n) is 6.78. The Bertz CT molecular complexity index is 152. The molecule has 2 nitrogen and oxygen atoms in total. The summed E-state index contributed by atoms with van der Waals surface area (Å²) in [4.78, 5) is 5.13. The van der Waals surface area contributed by atoms with Gasteiger partial charge in [0.05, 0.1) is 0 Å². The molecule has 1 radical (unpaired) electrons. The van der Waals surface area contributed by atoms with Crippen LogP contribution < -0.4 is 24.8 Å². The van der Waals surface area contributed by atoms with Crippen molar-refractivity contribution in [2.24, 2.45) is 0 Å². The van der Waals surface area contributed by atoms with Crippen LogP contribution in [0.3, 0.4) is 0 Å². The van der Waals surface area contributed by atoms with E-state index in [0.29, 0.717) is 24.2 Å². The second-order valence-corrected chi connectivity index (χ2v) is 5.85. The molecule has 0 amide bonds. The van der Waals surface area contributed by atoms with Crippen molar-refractivity contribution in [1.29, 1.82) is 0 Å². The largest absolute Gasteiger partial charge is 2.00 e. The molecule has 0 bridgehead atoms. The predicted octanol–water partition coefficient (Wildman–Crippen LogP) is -2.77. The third-order valence-corrected chi connectivity index (χ3v) is 3.27. The molecule has 0 heterocycles. The Morgan fingerprint density at radius 1 is 0.526 bits per heavy atom. The van der Waals surface area contributed by atoms with E-state index in [0.717, 1.165) is 0 Å². The Labute approximate surface area is 144 Å². The van der Waals surface area contributed by atoms with E-state index in [4.69, 9.17) is 0 Å². The summed E-state index contributed by atoms with van der Waals surface area (Å²) in [5.74, 6) is 0. The van der Waals surface area contributed by atoms with Gasteiger partial charge in [-0.3, -0.25) is 9.80 Å². The van der Waals surface area contributed by atoms with E-state index in [-0.39, 0.29) is 41.9 Å². The number of nitrogens with zero attached hydrogens (tertiary/aromatic N) is 2. The van der Waals surface area contributed by atoms with Crippen LogP contribution in [0, 0.1) is 0 Å². The van der Waals surface area contributed by atoms with Gasteiger partial charge in [-0.1, -0.05) is 0 Å². The Morgan fingerprint density at radius 2 is 0.684 bits per heavy atom. The molecule has 0 aliphatic rings. The Morgan fingerprint density at radius 3 is 0.789 bits per heavy atom. The summed E-state index contributed by atoms with van der Waals surface area (Å²) in [5, 5.41) is 0. The van der Waals surface area contributed by atoms with Crippen molar-refractivity contribution in [2.75, 3.05) is 13.1 Å². The molecule has 0 saturated heterocycles. The van der Waals surface area contributed by atoms with Gasteiger partial charge in [-0.15, -0.1) is 0 Å². The zero-order valence-corrected chi connectivity index (χ0v) is 16.1. The van der Waals surface area contributed by atoms with Gasteiger partial charge in [0.2, 0.25) is 0 Å². The van der Waals surface area contributed by atoms with Crippen LogP contribution in [0.4, 0.5) is 0 Å². The van der Waals surface area contributed by atoms with Crippen LogP contribution in [-0.2, 0) is 17.1 Å². The quantitative estimate of drug-likeness (QED) is 0.452. The average Bonchev–Trinajstić information content (AvgIpc) is 2.09. The minimum Gasteiger partial charge on any atom is -1.00 e. The molecule has 0 spiro atoms. The summed E-state index contributed by atoms with van der Waals surface area (Å²) in [6.07, 6.45) is 0. The SMILES string of the molecule is CC(C)N(CCN(C(C)C)C(C)C)C(C)C.[Cl-].[Cl-].[Cu+2]. The maximum atomic E-state index is 2.57. The van der Waals surface area contributed by atoms with E-state index in [1.165, 1.54) is 13.1 Å². The first-order chi connectivity index (χ1) is 7.27. The summed E-state index contributed by atoms with van der Waals surface area (Å²) in [5.41, 5.74) is 0. The molecule has 0 aromatic rings. The van der Waals surface area contributed by atoms with Gasteiger partial charge in [-0.2, -0.15) is 0 Å². The van der Waals surface area contributed by atoms with Gasteiger partial charge in [0.15, 0.2) is 0 Å². The van der Waals surface area contributed by atoms with Crippen molar-refractivity contribution in [2.45, 2.75) is 79.6 Å².